The van der Waals surface area contributed by atoms with Crippen LogP contribution in [0.5, 0.6) is 0 Å². The molecule has 3 N–H and O–H groups in total. The molecule has 5 heteroatoms. The number of nitrogens with two attached hydrogens (primary N) is 1. The number of halogens is 2. The standard InChI is InChI=1S/C12H12ClFN2S/c1-7-6-8(2-3-10(7)14)11(16-15)12-9(13)4-5-17-12/h2-6,11,16H,15H2,1H3. The van der Waals surface area contributed by atoms with Gasteiger partial charge in [-0.05, 0) is 35.6 Å². The molecule has 0 spiro atoms. The smallest absolute Gasteiger partial charge is 0.126 e. The zero-order valence-electron chi connectivity index (χ0n) is 9.21. The zero-order valence-corrected chi connectivity index (χ0v) is 10.8. The van der Waals surface area contributed by atoms with Gasteiger partial charge in [0.05, 0.1) is 11.1 Å². The van der Waals surface area contributed by atoms with Crippen molar-refractivity contribution in [1.29, 1.82) is 0 Å². The fourth-order valence-corrected chi connectivity index (χ4v) is 2.93. The Balaban J connectivity index is 2.42. The third-order valence-corrected chi connectivity index (χ3v) is 4.01. The van der Waals surface area contributed by atoms with E-state index in [0.717, 1.165) is 10.4 Å². The summed E-state index contributed by atoms with van der Waals surface area (Å²) in [7, 11) is 0. The summed E-state index contributed by atoms with van der Waals surface area (Å²) in [5, 5.41) is 2.57. The summed E-state index contributed by atoms with van der Waals surface area (Å²) < 4.78 is 13.2. The molecule has 1 unspecified atom stereocenters. The Morgan fingerprint density at radius 2 is 2.18 bits per heavy atom. The van der Waals surface area contributed by atoms with Crippen LogP contribution in [-0.4, -0.2) is 0 Å². The van der Waals surface area contributed by atoms with Crippen molar-refractivity contribution in [1.82, 2.24) is 5.43 Å². The first-order chi connectivity index (χ1) is 8.13. The van der Waals surface area contributed by atoms with Crippen molar-refractivity contribution in [3.05, 3.63) is 56.5 Å². The van der Waals surface area contributed by atoms with Crippen LogP contribution >= 0.6 is 22.9 Å². The van der Waals surface area contributed by atoms with Gasteiger partial charge in [-0.15, -0.1) is 11.3 Å². The van der Waals surface area contributed by atoms with Crippen LogP contribution in [0, 0.1) is 12.7 Å². The van der Waals surface area contributed by atoms with Gasteiger partial charge in [-0.1, -0.05) is 23.7 Å². The van der Waals surface area contributed by atoms with Crippen LogP contribution < -0.4 is 11.3 Å². The monoisotopic (exact) mass is 270 g/mol. The second-order valence-corrected chi connectivity index (χ2v) is 5.10. The van der Waals surface area contributed by atoms with Gasteiger partial charge in [0.1, 0.15) is 5.82 Å². The van der Waals surface area contributed by atoms with E-state index < -0.39 is 0 Å². The topological polar surface area (TPSA) is 38.0 Å². The molecule has 0 radical (unpaired) electrons. The van der Waals surface area contributed by atoms with Gasteiger partial charge in [-0.25, -0.2) is 9.82 Å². The first-order valence-electron chi connectivity index (χ1n) is 5.08. The average Bonchev–Trinajstić information content (AvgIpc) is 2.71. The summed E-state index contributed by atoms with van der Waals surface area (Å²) in [5.41, 5.74) is 4.20. The highest BCUT2D eigenvalue weighted by atomic mass is 35.5. The fraction of sp³-hybridized carbons (Fsp3) is 0.167. The minimum atomic E-state index is -0.221. The minimum absolute atomic E-state index is 0.207. The molecule has 1 aromatic carbocycles. The highest BCUT2D eigenvalue weighted by Gasteiger charge is 2.17. The van der Waals surface area contributed by atoms with Crippen molar-refractivity contribution < 1.29 is 4.39 Å². The van der Waals surface area contributed by atoms with Crippen LogP contribution in [0.4, 0.5) is 4.39 Å². The van der Waals surface area contributed by atoms with Gasteiger partial charge in [-0.2, -0.15) is 0 Å². The third kappa shape index (κ3) is 2.50. The number of thiophene rings is 1. The van der Waals surface area contributed by atoms with Crippen molar-refractivity contribution in [2.75, 3.05) is 0 Å². The highest BCUT2D eigenvalue weighted by molar-refractivity contribution is 7.10. The Morgan fingerprint density at radius 1 is 1.41 bits per heavy atom. The Labute approximate surface area is 108 Å². The molecule has 0 bridgehead atoms. The first-order valence-corrected chi connectivity index (χ1v) is 6.34. The van der Waals surface area contributed by atoms with Gasteiger partial charge in [0, 0.05) is 4.88 Å². The molecule has 0 aliphatic heterocycles. The highest BCUT2D eigenvalue weighted by Crippen LogP contribution is 2.32. The summed E-state index contributed by atoms with van der Waals surface area (Å²) in [6, 6.07) is 6.54. The summed E-state index contributed by atoms with van der Waals surface area (Å²) in [4.78, 5) is 0.931. The van der Waals surface area contributed by atoms with E-state index in [1.165, 1.54) is 17.4 Å². The molecule has 2 nitrogen and oxygen atoms in total. The molecular weight excluding hydrogens is 259 g/mol. The molecule has 17 heavy (non-hydrogen) atoms. The molecule has 0 fully saturated rings. The molecule has 0 aliphatic rings. The molecular formula is C12H12ClFN2S. The number of aryl methyl sites for hydroxylation is 1. The molecule has 2 aromatic rings. The van der Waals surface area contributed by atoms with E-state index >= 15 is 0 Å². The third-order valence-electron chi connectivity index (χ3n) is 2.59. The van der Waals surface area contributed by atoms with Crippen molar-refractivity contribution in [2.45, 2.75) is 13.0 Å². The maximum absolute atomic E-state index is 13.2. The van der Waals surface area contributed by atoms with E-state index in [1.807, 2.05) is 11.4 Å². The zero-order chi connectivity index (χ0) is 12.4. The molecule has 1 aromatic heterocycles. The SMILES string of the molecule is Cc1cc(C(NN)c2sccc2Cl)ccc1F. The largest absolute Gasteiger partial charge is 0.271 e. The van der Waals surface area contributed by atoms with Crippen molar-refractivity contribution in [2.24, 2.45) is 5.84 Å². The predicted molar refractivity (Wildman–Crippen MR) is 69.6 cm³/mol. The Bertz CT molecular complexity index is 527. The number of benzene rings is 1. The van der Waals surface area contributed by atoms with Crippen molar-refractivity contribution in [3.8, 4) is 0 Å². The summed E-state index contributed by atoms with van der Waals surface area (Å²) in [5.74, 6) is 5.34. The van der Waals surface area contributed by atoms with E-state index in [1.54, 1.807) is 19.1 Å². The number of nitrogens with one attached hydrogen (secondary N) is 1. The summed E-state index contributed by atoms with van der Waals surface area (Å²) >= 11 is 7.59. The van der Waals surface area contributed by atoms with E-state index in [-0.39, 0.29) is 11.9 Å². The predicted octanol–water partition coefficient (Wildman–Crippen LogP) is 3.40. The van der Waals surface area contributed by atoms with Crippen LogP contribution in [-0.2, 0) is 0 Å². The lowest BCUT2D eigenvalue weighted by Gasteiger charge is -2.16. The Hall–Kier alpha value is -0.940. The second-order valence-electron chi connectivity index (χ2n) is 3.74. The number of hydrogen-bond acceptors (Lipinski definition) is 3. The maximum atomic E-state index is 13.2. The summed E-state index contributed by atoms with van der Waals surface area (Å²) in [6.07, 6.45) is 0. The Kier molecular flexibility index (Phi) is 3.79. The lowest BCUT2D eigenvalue weighted by Crippen LogP contribution is -2.28. The van der Waals surface area contributed by atoms with Crippen molar-refractivity contribution >= 4 is 22.9 Å². The van der Waals surface area contributed by atoms with Gasteiger partial charge in [0.15, 0.2) is 0 Å². The van der Waals surface area contributed by atoms with Crippen LogP contribution in [0.2, 0.25) is 5.02 Å². The second kappa shape index (κ2) is 5.14. The average molecular weight is 271 g/mol. The van der Waals surface area contributed by atoms with Gasteiger partial charge in [0.25, 0.3) is 0 Å². The van der Waals surface area contributed by atoms with E-state index in [0.29, 0.717) is 10.6 Å². The van der Waals surface area contributed by atoms with E-state index in [2.05, 4.69) is 5.43 Å². The molecule has 1 atom stereocenters. The van der Waals surface area contributed by atoms with Crippen LogP contribution in [0.3, 0.4) is 0 Å². The van der Waals surface area contributed by atoms with Crippen molar-refractivity contribution in [3.63, 3.8) is 0 Å². The molecule has 0 saturated carbocycles. The lowest BCUT2D eigenvalue weighted by atomic mass is 10.0. The lowest BCUT2D eigenvalue weighted by molar-refractivity contribution is 0.610. The molecule has 0 amide bonds. The minimum Gasteiger partial charge on any atom is -0.271 e. The first kappa shape index (κ1) is 12.5. The molecule has 0 saturated heterocycles. The van der Waals surface area contributed by atoms with Gasteiger partial charge >= 0.3 is 0 Å². The van der Waals surface area contributed by atoms with E-state index in [4.69, 9.17) is 17.4 Å². The van der Waals surface area contributed by atoms with Crippen LogP contribution in [0.15, 0.2) is 29.6 Å². The molecule has 90 valence electrons. The van der Waals surface area contributed by atoms with Gasteiger partial charge < -0.3 is 0 Å². The maximum Gasteiger partial charge on any atom is 0.126 e. The van der Waals surface area contributed by atoms with Gasteiger partial charge in [-0.3, -0.25) is 5.84 Å². The summed E-state index contributed by atoms with van der Waals surface area (Å²) in [6.45, 7) is 1.72. The van der Waals surface area contributed by atoms with Crippen LogP contribution in [0.25, 0.3) is 0 Å². The normalized spacial score (nSPS) is 12.7. The molecule has 0 aliphatic carbocycles. The number of rotatable bonds is 3. The fourth-order valence-electron chi connectivity index (χ4n) is 1.68. The Morgan fingerprint density at radius 3 is 2.71 bits per heavy atom. The molecule has 2 rings (SSSR count). The van der Waals surface area contributed by atoms with Gasteiger partial charge in [0.2, 0.25) is 0 Å². The van der Waals surface area contributed by atoms with E-state index in [9.17, 15) is 4.39 Å². The number of hydrogen-bond donors (Lipinski definition) is 2. The molecule has 1 heterocycles. The van der Waals surface area contributed by atoms with Crippen LogP contribution in [0.1, 0.15) is 22.0 Å². The quantitative estimate of drug-likeness (QED) is 0.663. The number of hydrazine groups is 1.